The van der Waals surface area contributed by atoms with E-state index in [1.54, 1.807) is 44.2 Å². The van der Waals surface area contributed by atoms with Crippen LogP contribution in [-0.2, 0) is 11.3 Å². The largest absolute Gasteiger partial charge is 0.478 e. The summed E-state index contributed by atoms with van der Waals surface area (Å²) in [5, 5.41) is 0.462. The molecule has 2 aromatic carbocycles. The van der Waals surface area contributed by atoms with Crippen molar-refractivity contribution in [3.63, 3.8) is 0 Å². The summed E-state index contributed by atoms with van der Waals surface area (Å²) in [4.78, 5) is 27.3. The lowest BCUT2D eigenvalue weighted by Gasteiger charge is -2.29. The molecule has 31 heavy (non-hydrogen) atoms. The van der Waals surface area contributed by atoms with Gasteiger partial charge in [0.05, 0.1) is 23.1 Å². The van der Waals surface area contributed by atoms with Crippen molar-refractivity contribution >= 4 is 16.9 Å². The van der Waals surface area contributed by atoms with Crippen LogP contribution < -0.4 is 14.9 Å². The highest BCUT2D eigenvalue weighted by atomic mass is 16.5. The summed E-state index contributed by atoms with van der Waals surface area (Å²) in [6.45, 7) is 5.04. The van der Waals surface area contributed by atoms with Crippen molar-refractivity contribution in [2.75, 3.05) is 13.3 Å². The Kier molecular flexibility index (Phi) is 4.90. The van der Waals surface area contributed by atoms with Crippen LogP contribution in [0, 0.1) is 6.92 Å². The van der Waals surface area contributed by atoms with Gasteiger partial charge in [-0.3, -0.25) is 9.69 Å². The summed E-state index contributed by atoms with van der Waals surface area (Å²) < 4.78 is 22.8. The Hall–Kier alpha value is -3.32. The molecule has 0 N–H and O–H groups in total. The minimum Gasteiger partial charge on any atom is -0.478 e. The zero-order chi connectivity index (χ0) is 21.5. The second-order valence-electron chi connectivity index (χ2n) is 7.83. The number of benzene rings is 2. The van der Waals surface area contributed by atoms with Crippen molar-refractivity contribution in [1.29, 1.82) is 0 Å². The van der Waals surface area contributed by atoms with Crippen molar-refractivity contribution in [2.45, 2.75) is 39.3 Å². The summed E-state index contributed by atoms with van der Waals surface area (Å²) in [7, 11) is 0. The molecule has 0 bridgehead atoms. The Bertz CT molecular complexity index is 1210. The lowest BCUT2D eigenvalue weighted by molar-refractivity contribution is 0.0526. The van der Waals surface area contributed by atoms with Crippen LogP contribution in [0.3, 0.4) is 0 Å². The number of hydrogen-bond donors (Lipinski definition) is 0. The SMILES string of the molecule is CCOC(=O)c1ccc(Oc2c(C)oc3c4c(ccc3c2=O)OCN(C2CC2)C4)cc1. The average molecular weight is 421 g/mol. The first-order chi connectivity index (χ1) is 15.0. The minimum atomic E-state index is -0.400. The molecular formula is C24H23NO6. The zero-order valence-corrected chi connectivity index (χ0v) is 17.5. The first-order valence-corrected chi connectivity index (χ1v) is 10.5. The Labute approximate surface area is 179 Å². The van der Waals surface area contributed by atoms with Gasteiger partial charge in [-0.15, -0.1) is 0 Å². The van der Waals surface area contributed by atoms with E-state index in [-0.39, 0.29) is 11.2 Å². The number of nitrogens with zero attached hydrogens (tertiary/aromatic N) is 1. The van der Waals surface area contributed by atoms with E-state index in [1.165, 1.54) is 12.8 Å². The van der Waals surface area contributed by atoms with Gasteiger partial charge in [0.2, 0.25) is 11.2 Å². The van der Waals surface area contributed by atoms with Crippen molar-refractivity contribution in [2.24, 2.45) is 0 Å². The van der Waals surface area contributed by atoms with E-state index >= 15 is 0 Å². The van der Waals surface area contributed by atoms with Crippen LogP contribution in [0.4, 0.5) is 0 Å². The highest BCUT2D eigenvalue weighted by Gasteiger charge is 2.33. The molecule has 0 amide bonds. The molecule has 3 aromatic rings. The normalized spacial score (nSPS) is 15.9. The third kappa shape index (κ3) is 3.65. The fourth-order valence-corrected chi connectivity index (χ4v) is 3.86. The van der Waals surface area contributed by atoms with Crippen LogP contribution in [0.25, 0.3) is 11.0 Å². The van der Waals surface area contributed by atoms with Gasteiger partial charge in [0.1, 0.15) is 29.6 Å². The highest BCUT2D eigenvalue weighted by Crippen LogP contribution is 2.37. The van der Waals surface area contributed by atoms with E-state index in [1.807, 2.05) is 6.07 Å². The van der Waals surface area contributed by atoms with E-state index in [9.17, 15) is 9.59 Å². The van der Waals surface area contributed by atoms with E-state index < -0.39 is 5.97 Å². The first-order valence-electron chi connectivity index (χ1n) is 10.5. The van der Waals surface area contributed by atoms with Gasteiger partial charge in [-0.2, -0.15) is 0 Å². The maximum absolute atomic E-state index is 13.2. The molecule has 0 saturated heterocycles. The van der Waals surface area contributed by atoms with Gasteiger partial charge in [-0.25, -0.2) is 4.79 Å². The molecular weight excluding hydrogens is 398 g/mol. The van der Waals surface area contributed by atoms with Crippen molar-refractivity contribution in [1.82, 2.24) is 4.90 Å². The van der Waals surface area contributed by atoms with E-state index in [4.69, 9.17) is 18.6 Å². The van der Waals surface area contributed by atoms with Crippen LogP contribution >= 0.6 is 0 Å². The number of carbonyl (C=O) groups is 1. The Morgan fingerprint density at radius 3 is 2.65 bits per heavy atom. The number of aryl methyl sites for hydroxylation is 1. The van der Waals surface area contributed by atoms with Gasteiger partial charge in [0, 0.05) is 12.6 Å². The second-order valence-corrected chi connectivity index (χ2v) is 7.83. The molecule has 160 valence electrons. The number of hydrogen-bond acceptors (Lipinski definition) is 7. The summed E-state index contributed by atoms with van der Waals surface area (Å²) in [6, 6.07) is 10.6. The molecule has 0 radical (unpaired) electrons. The molecule has 2 aliphatic rings. The Morgan fingerprint density at radius 2 is 1.94 bits per heavy atom. The third-order valence-electron chi connectivity index (χ3n) is 5.64. The molecule has 0 unspecified atom stereocenters. The minimum absolute atomic E-state index is 0.132. The smallest absolute Gasteiger partial charge is 0.338 e. The zero-order valence-electron chi connectivity index (χ0n) is 17.5. The average Bonchev–Trinajstić information content (AvgIpc) is 3.62. The Morgan fingerprint density at radius 1 is 1.16 bits per heavy atom. The maximum atomic E-state index is 13.2. The second kappa shape index (κ2) is 7.74. The van der Waals surface area contributed by atoms with Crippen LogP contribution in [-0.4, -0.2) is 30.2 Å². The summed E-state index contributed by atoms with van der Waals surface area (Å²) >= 11 is 0. The summed E-state index contributed by atoms with van der Waals surface area (Å²) in [6.07, 6.45) is 2.36. The lowest BCUT2D eigenvalue weighted by Crippen LogP contribution is -2.33. The van der Waals surface area contributed by atoms with Gasteiger partial charge in [0.25, 0.3) is 0 Å². The van der Waals surface area contributed by atoms with Gasteiger partial charge in [0.15, 0.2) is 0 Å². The molecule has 0 spiro atoms. The van der Waals surface area contributed by atoms with E-state index in [0.29, 0.717) is 54.0 Å². The van der Waals surface area contributed by atoms with Crippen molar-refractivity contribution in [3.8, 4) is 17.2 Å². The fraction of sp³-hybridized carbons (Fsp3) is 0.333. The van der Waals surface area contributed by atoms with Gasteiger partial charge in [-0.1, -0.05) is 0 Å². The quantitative estimate of drug-likeness (QED) is 0.566. The molecule has 2 heterocycles. The van der Waals surface area contributed by atoms with Gasteiger partial charge < -0.3 is 18.6 Å². The molecule has 1 aliphatic heterocycles. The first kappa shape index (κ1) is 19.6. The van der Waals surface area contributed by atoms with Crippen molar-refractivity contribution in [3.05, 3.63) is 63.5 Å². The van der Waals surface area contributed by atoms with E-state index in [2.05, 4.69) is 4.90 Å². The van der Waals surface area contributed by atoms with Crippen LogP contribution in [0.1, 0.15) is 41.4 Å². The molecule has 5 rings (SSSR count). The lowest BCUT2D eigenvalue weighted by atomic mass is 10.1. The monoisotopic (exact) mass is 421 g/mol. The summed E-state index contributed by atoms with van der Waals surface area (Å²) in [5.74, 6) is 1.32. The maximum Gasteiger partial charge on any atom is 0.338 e. The van der Waals surface area contributed by atoms with Crippen LogP contribution in [0.2, 0.25) is 0 Å². The Balaban J connectivity index is 1.48. The predicted molar refractivity (Wildman–Crippen MR) is 114 cm³/mol. The number of fused-ring (bicyclic) bond motifs is 3. The molecule has 1 saturated carbocycles. The third-order valence-corrected chi connectivity index (χ3v) is 5.64. The van der Waals surface area contributed by atoms with Gasteiger partial charge >= 0.3 is 5.97 Å². The highest BCUT2D eigenvalue weighted by molar-refractivity contribution is 5.89. The van der Waals surface area contributed by atoms with Crippen LogP contribution in [0.15, 0.2) is 45.6 Å². The molecule has 7 heteroatoms. The molecule has 7 nitrogen and oxygen atoms in total. The van der Waals surface area contributed by atoms with Crippen LogP contribution in [0.5, 0.6) is 17.2 Å². The summed E-state index contributed by atoms with van der Waals surface area (Å²) in [5.41, 5.74) is 1.64. The molecule has 0 atom stereocenters. The number of rotatable bonds is 5. The molecule has 1 aromatic heterocycles. The predicted octanol–water partition coefficient (Wildman–Crippen LogP) is 4.38. The van der Waals surface area contributed by atoms with Gasteiger partial charge in [-0.05, 0) is 63.1 Å². The van der Waals surface area contributed by atoms with Crippen molar-refractivity contribution < 1.29 is 23.4 Å². The standard InChI is InChI=1S/C24H23NO6/c1-3-28-24(27)15-4-8-17(9-5-15)31-22-14(2)30-23-18(21(22)26)10-11-20-19(23)12-25(13-29-20)16-6-7-16/h4-5,8-11,16H,3,6-7,12-13H2,1-2H3. The van der Waals surface area contributed by atoms with E-state index in [0.717, 1.165) is 11.3 Å². The topological polar surface area (TPSA) is 78.2 Å². The number of esters is 1. The number of ether oxygens (including phenoxy) is 3. The fourth-order valence-electron chi connectivity index (χ4n) is 3.86. The molecule has 1 aliphatic carbocycles. The molecule has 1 fully saturated rings. The number of carbonyl (C=O) groups excluding carboxylic acids is 1.